The van der Waals surface area contributed by atoms with Gasteiger partial charge in [-0.15, -0.1) is 0 Å². The number of nitrogens with zero attached hydrogens (tertiary/aromatic N) is 1. The fourth-order valence-corrected chi connectivity index (χ4v) is 2.31. The Bertz CT molecular complexity index is 430. The van der Waals surface area contributed by atoms with E-state index in [0.29, 0.717) is 0 Å². The third-order valence-electron chi connectivity index (χ3n) is 3.86. The van der Waals surface area contributed by atoms with Crippen LogP contribution in [0.4, 0.5) is 0 Å². The van der Waals surface area contributed by atoms with Crippen LogP contribution >= 0.6 is 0 Å². The molecule has 0 radical (unpaired) electrons. The van der Waals surface area contributed by atoms with Gasteiger partial charge in [-0.25, -0.2) is 0 Å². The highest BCUT2D eigenvalue weighted by atomic mass is 16.5. The van der Waals surface area contributed by atoms with Crippen LogP contribution in [0.5, 0.6) is 5.75 Å². The van der Waals surface area contributed by atoms with E-state index in [1.165, 1.54) is 0 Å². The summed E-state index contributed by atoms with van der Waals surface area (Å²) in [6, 6.07) is 0.191. The molecule has 1 N–H and O–H groups in total. The van der Waals surface area contributed by atoms with E-state index in [-0.39, 0.29) is 11.6 Å². The molecule has 1 unspecified atom stereocenters. The molecular formula is C15H26N2O2. The summed E-state index contributed by atoms with van der Waals surface area (Å²) in [6.45, 7) is 8.22. The molecule has 4 heteroatoms. The molecule has 0 bridgehead atoms. The minimum absolute atomic E-state index is 0.191. The Morgan fingerprint density at radius 3 is 2.42 bits per heavy atom. The number of pyridine rings is 1. The fraction of sp³-hybridized carbons (Fsp3) is 0.667. The van der Waals surface area contributed by atoms with Crippen LogP contribution in [0.15, 0.2) is 6.20 Å². The molecule has 4 nitrogen and oxygen atoms in total. The molecule has 0 saturated carbocycles. The molecule has 108 valence electrons. The lowest BCUT2D eigenvalue weighted by Crippen LogP contribution is -2.48. The third kappa shape index (κ3) is 3.45. The summed E-state index contributed by atoms with van der Waals surface area (Å²) >= 11 is 0. The van der Waals surface area contributed by atoms with Gasteiger partial charge in [-0.3, -0.25) is 4.98 Å². The van der Waals surface area contributed by atoms with Crippen molar-refractivity contribution in [3.63, 3.8) is 0 Å². The van der Waals surface area contributed by atoms with Gasteiger partial charge >= 0.3 is 0 Å². The number of hydrogen-bond acceptors (Lipinski definition) is 4. The maximum Gasteiger partial charge on any atom is 0.128 e. The van der Waals surface area contributed by atoms with Crippen molar-refractivity contribution in [2.75, 3.05) is 21.3 Å². The maximum atomic E-state index is 5.56. The summed E-state index contributed by atoms with van der Waals surface area (Å²) in [5, 5.41) is 3.32. The average molecular weight is 266 g/mol. The lowest BCUT2D eigenvalue weighted by Gasteiger charge is -2.33. The van der Waals surface area contributed by atoms with Crippen LogP contribution in [0.25, 0.3) is 0 Å². The monoisotopic (exact) mass is 266 g/mol. The molecule has 1 aromatic rings. The highest BCUT2D eigenvalue weighted by Crippen LogP contribution is 2.26. The zero-order valence-electron chi connectivity index (χ0n) is 13.1. The summed E-state index contributed by atoms with van der Waals surface area (Å²) < 4.78 is 11.0. The van der Waals surface area contributed by atoms with Gasteiger partial charge in [0.2, 0.25) is 0 Å². The molecule has 1 atom stereocenters. The molecule has 0 aliphatic rings. The Hall–Kier alpha value is -1.13. The number of aryl methyl sites for hydroxylation is 1. The average Bonchev–Trinajstić information content (AvgIpc) is 2.38. The van der Waals surface area contributed by atoms with Crippen LogP contribution < -0.4 is 10.1 Å². The molecule has 0 spiro atoms. The van der Waals surface area contributed by atoms with Gasteiger partial charge in [-0.1, -0.05) is 0 Å². The minimum Gasteiger partial charge on any atom is -0.496 e. The summed E-state index contributed by atoms with van der Waals surface area (Å²) in [5.74, 6) is 0.926. The van der Waals surface area contributed by atoms with Gasteiger partial charge in [0.1, 0.15) is 5.75 Å². The summed E-state index contributed by atoms with van der Waals surface area (Å²) in [7, 11) is 5.39. The zero-order chi connectivity index (χ0) is 14.6. The molecule has 0 aromatic carbocycles. The second-order valence-electron chi connectivity index (χ2n) is 5.40. The first-order valence-electron chi connectivity index (χ1n) is 6.58. The summed E-state index contributed by atoms with van der Waals surface area (Å²) in [5.41, 5.74) is 2.97. The summed E-state index contributed by atoms with van der Waals surface area (Å²) in [6.07, 6.45) is 2.67. The Kier molecular flexibility index (Phi) is 5.32. The molecule has 19 heavy (non-hydrogen) atoms. The van der Waals surface area contributed by atoms with E-state index in [2.05, 4.69) is 31.1 Å². The number of methoxy groups -OCH3 is 2. The smallest absolute Gasteiger partial charge is 0.128 e. The van der Waals surface area contributed by atoms with Crippen LogP contribution in [0.3, 0.4) is 0 Å². The van der Waals surface area contributed by atoms with E-state index in [4.69, 9.17) is 9.47 Å². The second kappa shape index (κ2) is 6.35. The molecule has 0 aliphatic carbocycles. The van der Waals surface area contributed by atoms with E-state index < -0.39 is 0 Å². The third-order valence-corrected chi connectivity index (χ3v) is 3.86. The van der Waals surface area contributed by atoms with Crippen molar-refractivity contribution in [2.24, 2.45) is 0 Å². The molecule has 1 heterocycles. The highest BCUT2D eigenvalue weighted by Gasteiger charge is 2.29. The molecule has 0 fully saturated rings. The molecule has 0 saturated heterocycles. The number of hydrogen-bond donors (Lipinski definition) is 1. The normalized spacial score (nSPS) is 13.4. The van der Waals surface area contributed by atoms with Gasteiger partial charge in [0, 0.05) is 42.6 Å². The Labute approximate surface area is 116 Å². The quantitative estimate of drug-likeness (QED) is 0.857. The molecule has 0 amide bonds. The molecule has 1 rings (SSSR count). The molecule has 1 aromatic heterocycles. The van der Waals surface area contributed by atoms with Crippen molar-refractivity contribution in [3.8, 4) is 5.75 Å². The Balaban J connectivity index is 3.05. The first-order valence-corrected chi connectivity index (χ1v) is 6.58. The topological polar surface area (TPSA) is 43.4 Å². The SMILES string of the molecule is CNC(Cc1ncc(C)c(OC)c1C)C(C)(C)OC. The van der Waals surface area contributed by atoms with Gasteiger partial charge < -0.3 is 14.8 Å². The lowest BCUT2D eigenvalue weighted by atomic mass is 9.92. The number of ether oxygens (including phenoxy) is 2. The first kappa shape index (κ1) is 15.9. The van der Waals surface area contributed by atoms with Crippen molar-refractivity contribution in [2.45, 2.75) is 45.8 Å². The van der Waals surface area contributed by atoms with Crippen LogP contribution in [-0.4, -0.2) is 37.9 Å². The number of aromatic nitrogens is 1. The Morgan fingerprint density at radius 2 is 1.95 bits per heavy atom. The van der Waals surface area contributed by atoms with Gasteiger partial charge in [-0.05, 0) is 34.7 Å². The van der Waals surface area contributed by atoms with Gasteiger partial charge in [0.25, 0.3) is 0 Å². The van der Waals surface area contributed by atoms with Crippen LogP contribution in [0, 0.1) is 13.8 Å². The maximum absolute atomic E-state index is 5.56. The van der Waals surface area contributed by atoms with Crippen molar-refractivity contribution >= 4 is 0 Å². The van der Waals surface area contributed by atoms with Gasteiger partial charge in [0.15, 0.2) is 0 Å². The molecular weight excluding hydrogens is 240 g/mol. The fourth-order valence-electron chi connectivity index (χ4n) is 2.31. The molecule has 0 aliphatic heterocycles. The van der Waals surface area contributed by atoms with Crippen LogP contribution in [0.2, 0.25) is 0 Å². The van der Waals surface area contributed by atoms with E-state index >= 15 is 0 Å². The Morgan fingerprint density at radius 1 is 1.32 bits per heavy atom. The van der Waals surface area contributed by atoms with Crippen LogP contribution in [-0.2, 0) is 11.2 Å². The van der Waals surface area contributed by atoms with Gasteiger partial charge in [0.05, 0.1) is 12.7 Å². The number of rotatable bonds is 6. The van der Waals surface area contributed by atoms with Crippen molar-refractivity contribution in [1.29, 1.82) is 0 Å². The zero-order valence-corrected chi connectivity index (χ0v) is 13.1. The van der Waals surface area contributed by atoms with Crippen molar-refractivity contribution in [1.82, 2.24) is 10.3 Å². The minimum atomic E-state index is -0.249. The van der Waals surface area contributed by atoms with E-state index in [9.17, 15) is 0 Å². The number of nitrogens with one attached hydrogen (secondary N) is 1. The largest absolute Gasteiger partial charge is 0.496 e. The number of likely N-dealkylation sites (N-methyl/N-ethyl adjacent to an activating group) is 1. The van der Waals surface area contributed by atoms with Crippen molar-refractivity contribution < 1.29 is 9.47 Å². The van der Waals surface area contributed by atoms with E-state index in [1.807, 2.05) is 20.2 Å². The van der Waals surface area contributed by atoms with Crippen molar-refractivity contribution in [3.05, 3.63) is 23.0 Å². The predicted molar refractivity (Wildman–Crippen MR) is 77.9 cm³/mol. The predicted octanol–water partition coefficient (Wildman–Crippen LogP) is 2.26. The first-order chi connectivity index (χ1) is 8.87. The van der Waals surface area contributed by atoms with Crippen LogP contribution in [0.1, 0.15) is 30.7 Å². The van der Waals surface area contributed by atoms with E-state index in [1.54, 1.807) is 14.2 Å². The van der Waals surface area contributed by atoms with E-state index in [0.717, 1.165) is 29.0 Å². The standard InChI is InChI=1S/C15H26N2O2/c1-10-9-17-12(11(2)14(10)18-6)8-13(16-5)15(3,4)19-7/h9,13,16H,8H2,1-7H3. The lowest BCUT2D eigenvalue weighted by molar-refractivity contribution is -0.00826. The highest BCUT2D eigenvalue weighted by molar-refractivity contribution is 5.41. The van der Waals surface area contributed by atoms with Gasteiger partial charge in [-0.2, -0.15) is 0 Å². The second-order valence-corrected chi connectivity index (χ2v) is 5.40. The summed E-state index contributed by atoms with van der Waals surface area (Å²) in [4.78, 5) is 4.55.